The van der Waals surface area contributed by atoms with Crippen LogP contribution in [0.25, 0.3) is 22.2 Å². The van der Waals surface area contributed by atoms with Crippen LogP contribution in [-0.4, -0.2) is 45.5 Å². The molecular formula is C25H27N3O3. The molecule has 1 aliphatic carbocycles. The highest BCUT2D eigenvalue weighted by Gasteiger charge is 2.34. The highest BCUT2D eigenvalue weighted by atomic mass is 16.4. The molecule has 0 bridgehead atoms. The summed E-state index contributed by atoms with van der Waals surface area (Å²) in [6.07, 6.45) is 5.92. The first kappa shape index (κ1) is 19.7. The number of anilines is 1. The Kier molecular flexibility index (Phi) is 5.14. The summed E-state index contributed by atoms with van der Waals surface area (Å²) in [6.45, 7) is 0.488. The van der Waals surface area contributed by atoms with Crippen LogP contribution in [0.5, 0.6) is 0 Å². The van der Waals surface area contributed by atoms with Crippen molar-refractivity contribution in [2.24, 2.45) is 0 Å². The lowest BCUT2D eigenvalue weighted by atomic mass is 10.1. The summed E-state index contributed by atoms with van der Waals surface area (Å²) in [5.41, 5.74) is 4.53. The second-order valence-electron chi connectivity index (χ2n) is 8.66. The average Bonchev–Trinajstić information content (AvgIpc) is 3.53. The molecule has 0 unspecified atom stereocenters. The zero-order chi connectivity index (χ0) is 21.4. The van der Waals surface area contributed by atoms with Crippen LogP contribution >= 0.6 is 0 Å². The predicted molar refractivity (Wildman–Crippen MR) is 121 cm³/mol. The molecule has 6 nitrogen and oxygen atoms in total. The van der Waals surface area contributed by atoms with E-state index in [1.54, 1.807) is 0 Å². The van der Waals surface area contributed by atoms with Crippen molar-refractivity contribution in [3.8, 4) is 11.3 Å². The number of benzene rings is 2. The Bertz CT molecular complexity index is 1120. The number of H-pyrrole nitrogens is 1. The van der Waals surface area contributed by atoms with Gasteiger partial charge in [-0.05, 0) is 49.4 Å². The minimum Gasteiger partial charge on any atom is -0.480 e. The molecule has 6 heteroatoms. The van der Waals surface area contributed by atoms with Crippen molar-refractivity contribution < 1.29 is 14.7 Å². The fraction of sp³-hybridized carbons (Fsp3) is 0.360. The van der Waals surface area contributed by atoms with Gasteiger partial charge in [-0.15, -0.1) is 0 Å². The van der Waals surface area contributed by atoms with E-state index in [1.165, 1.54) is 17.7 Å². The van der Waals surface area contributed by atoms with Crippen LogP contribution < -0.4 is 5.32 Å². The highest BCUT2D eigenvalue weighted by Crippen LogP contribution is 2.33. The maximum atomic E-state index is 13.3. The van der Waals surface area contributed by atoms with E-state index in [-0.39, 0.29) is 5.91 Å². The van der Waals surface area contributed by atoms with E-state index in [0.717, 1.165) is 47.1 Å². The molecule has 2 fully saturated rings. The average molecular weight is 418 g/mol. The first-order chi connectivity index (χ1) is 15.1. The Morgan fingerprint density at radius 2 is 1.77 bits per heavy atom. The molecule has 2 aromatic carbocycles. The molecular weight excluding hydrogens is 390 g/mol. The lowest BCUT2D eigenvalue weighted by molar-refractivity contribution is -0.141. The molecule has 2 aliphatic rings. The van der Waals surface area contributed by atoms with Gasteiger partial charge >= 0.3 is 5.97 Å². The summed E-state index contributed by atoms with van der Waals surface area (Å²) >= 11 is 0. The number of rotatable bonds is 5. The predicted octanol–water partition coefficient (Wildman–Crippen LogP) is 4.88. The second-order valence-corrected chi connectivity index (χ2v) is 8.66. The van der Waals surface area contributed by atoms with Crippen LogP contribution in [-0.2, 0) is 4.79 Å². The number of hydrogen-bond donors (Lipinski definition) is 3. The van der Waals surface area contributed by atoms with Gasteiger partial charge in [0.1, 0.15) is 6.04 Å². The monoisotopic (exact) mass is 417 g/mol. The SMILES string of the molecule is O=C(O)[C@@H]1CCCN1C(=O)c1cc(NC2CCCC2)c2[nH]c(-c3ccccc3)cc2c1. The summed E-state index contributed by atoms with van der Waals surface area (Å²) in [5, 5.41) is 14.1. The first-order valence-electron chi connectivity index (χ1n) is 11.1. The van der Waals surface area contributed by atoms with Gasteiger partial charge in [-0.3, -0.25) is 4.79 Å². The zero-order valence-corrected chi connectivity index (χ0v) is 17.4. The quantitative estimate of drug-likeness (QED) is 0.552. The summed E-state index contributed by atoms with van der Waals surface area (Å²) < 4.78 is 0. The number of amides is 1. The van der Waals surface area contributed by atoms with E-state index in [2.05, 4.69) is 28.5 Å². The third-order valence-electron chi connectivity index (χ3n) is 6.57. The fourth-order valence-corrected chi connectivity index (χ4v) is 4.98. The number of likely N-dealkylation sites (tertiary alicyclic amines) is 1. The number of carboxylic acid groups (broad SMARTS) is 1. The maximum Gasteiger partial charge on any atom is 0.326 e. The van der Waals surface area contributed by atoms with Crippen molar-refractivity contribution in [3.05, 3.63) is 54.1 Å². The van der Waals surface area contributed by atoms with Gasteiger partial charge in [0.2, 0.25) is 0 Å². The largest absolute Gasteiger partial charge is 0.480 e. The van der Waals surface area contributed by atoms with Crippen LogP contribution in [0.4, 0.5) is 5.69 Å². The van der Waals surface area contributed by atoms with Gasteiger partial charge in [-0.1, -0.05) is 43.2 Å². The van der Waals surface area contributed by atoms with Gasteiger partial charge in [0.05, 0.1) is 11.2 Å². The fourth-order valence-electron chi connectivity index (χ4n) is 4.98. The van der Waals surface area contributed by atoms with E-state index < -0.39 is 12.0 Å². The van der Waals surface area contributed by atoms with Crippen LogP contribution in [0.15, 0.2) is 48.5 Å². The van der Waals surface area contributed by atoms with Crippen molar-refractivity contribution in [2.75, 3.05) is 11.9 Å². The Balaban J connectivity index is 1.56. The molecule has 1 atom stereocenters. The number of aliphatic carboxylic acids is 1. The topological polar surface area (TPSA) is 85.4 Å². The zero-order valence-electron chi connectivity index (χ0n) is 17.4. The number of carboxylic acids is 1. The van der Waals surface area contributed by atoms with Crippen LogP contribution in [0.3, 0.4) is 0 Å². The van der Waals surface area contributed by atoms with Gasteiger partial charge in [0.15, 0.2) is 0 Å². The minimum absolute atomic E-state index is 0.205. The Morgan fingerprint density at radius 1 is 1.00 bits per heavy atom. The van der Waals surface area contributed by atoms with E-state index in [1.807, 2.05) is 30.3 Å². The van der Waals surface area contributed by atoms with E-state index in [0.29, 0.717) is 24.6 Å². The molecule has 1 saturated carbocycles. The van der Waals surface area contributed by atoms with E-state index >= 15 is 0 Å². The molecule has 1 aliphatic heterocycles. The number of nitrogens with one attached hydrogen (secondary N) is 2. The Labute approximate surface area is 181 Å². The summed E-state index contributed by atoms with van der Waals surface area (Å²) in [7, 11) is 0. The van der Waals surface area contributed by atoms with Gasteiger partial charge < -0.3 is 20.3 Å². The number of aromatic amines is 1. The molecule has 3 aromatic rings. The molecule has 0 spiro atoms. The molecule has 3 N–H and O–H groups in total. The minimum atomic E-state index is -0.927. The standard InChI is InChI=1S/C25H27N3O3/c29-24(28-12-6-11-22(28)25(30)31)18-13-17-14-20(16-7-2-1-3-8-16)27-23(17)21(15-18)26-19-9-4-5-10-19/h1-3,7-8,13-15,19,22,26-27H,4-6,9-12H2,(H,30,31)/t22-/m0/s1. The van der Waals surface area contributed by atoms with Crippen molar-refractivity contribution >= 4 is 28.5 Å². The van der Waals surface area contributed by atoms with Crippen LogP contribution in [0.2, 0.25) is 0 Å². The second kappa shape index (κ2) is 8.10. The molecule has 31 heavy (non-hydrogen) atoms. The maximum absolute atomic E-state index is 13.3. The summed E-state index contributed by atoms with van der Waals surface area (Å²) in [5.74, 6) is -1.13. The van der Waals surface area contributed by atoms with Crippen molar-refractivity contribution in [1.29, 1.82) is 0 Å². The number of fused-ring (bicyclic) bond motifs is 1. The van der Waals surface area contributed by atoms with E-state index in [9.17, 15) is 14.7 Å². The van der Waals surface area contributed by atoms with Crippen molar-refractivity contribution in [1.82, 2.24) is 9.88 Å². The van der Waals surface area contributed by atoms with Gasteiger partial charge in [0.25, 0.3) is 5.91 Å². The number of hydrogen-bond acceptors (Lipinski definition) is 3. The Morgan fingerprint density at radius 3 is 2.52 bits per heavy atom. The highest BCUT2D eigenvalue weighted by molar-refractivity contribution is 6.04. The number of aromatic nitrogens is 1. The molecule has 1 saturated heterocycles. The molecule has 5 rings (SSSR count). The van der Waals surface area contributed by atoms with Crippen LogP contribution in [0, 0.1) is 0 Å². The number of carbonyl (C=O) groups excluding carboxylic acids is 1. The molecule has 160 valence electrons. The van der Waals surface area contributed by atoms with Gasteiger partial charge in [-0.2, -0.15) is 0 Å². The van der Waals surface area contributed by atoms with E-state index in [4.69, 9.17) is 0 Å². The molecule has 2 heterocycles. The Hall–Kier alpha value is -3.28. The third kappa shape index (κ3) is 3.78. The number of nitrogens with zero attached hydrogens (tertiary/aromatic N) is 1. The van der Waals surface area contributed by atoms with Gasteiger partial charge in [0, 0.05) is 29.2 Å². The smallest absolute Gasteiger partial charge is 0.326 e. The summed E-state index contributed by atoms with van der Waals surface area (Å²) in [6, 6.07) is 15.6. The first-order valence-corrected chi connectivity index (χ1v) is 11.1. The summed E-state index contributed by atoms with van der Waals surface area (Å²) in [4.78, 5) is 29.9. The number of carbonyl (C=O) groups is 2. The third-order valence-corrected chi connectivity index (χ3v) is 6.57. The lowest BCUT2D eigenvalue weighted by Gasteiger charge is -2.22. The van der Waals surface area contributed by atoms with Crippen molar-refractivity contribution in [2.45, 2.75) is 50.6 Å². The molecule has 1 amide bonds. The molecule has 0 radical (unpaired) electrons. The normalized spacial score (nSPS) is 19.2. The van der Waals surface area contributed by atoms with Crippen molar-refractivity contribution in [3.63, 3.8) is 0 Å². The molecule has 1 aromatic heterocycles. The lowest BCUT2D eigenvalue weighted by Crippen LogP contribution is -2.40. The van der Waals surface area contributed by atoms with Gasteiger partial charge in [-0.25, -0.2) is 4.79 Å². The van der Waals surface area contributed by atoms with Crippen LogP contribution in [0.1, 0.15) is 48.9 Å².